The molecule has 0 aliphatic rings. The Kier molecular flexibility index (Phi) is 12.8. The van der Waals surface area contributed by atoms with Gasteiger partial charge in [0.05, 0.1) is 0 Å². The summed E-state index contributed by atoms with van der Waals surface area (Å²) in [5.41, 5.74) is 0. The molecule has 0 aromatic carbocycles. The van der Waals surface area contributed by atoms with Crippen molar-refractivity contribution in [3.8, 4) is 0 Å². The number of nitrogens with zero attached hydrogens (tertiary/aromatic N) is 2. The zero-order valence-electron chi connectivity index (χ0n) is 17.3. The van der Waals surface area contributed by atoms with Gasteiger partial charge in [0, 0.05) is 45.6 Å². The average Bonchev–Trinajstić information content (AvgIpc) is 2.40. The van der Waals surface area contributed by atoms with Crippen molar-refractivity contribution < 1.29 is 4.74 Å². The van der Waals surface area contributed by atoms with E-state index in [-0.39, 0.29) is 8.22 Å². The van der Waals surface area contributed by atoms with Crippen LogP contribution in [0.1, 0.15) is 81.6 Å². The van der Waals surface area contributed by atoms with Crippen molar-refractivity contribution in [1.29, 1.82) is 0 Å². The van der Waals surface area contributed by atoms with Gasteiger partial charge in [-0.05, 0) is 74.4 Å². The lowest BCUT2D eigenvalue weighted by molar-refractivity contribution is 0.131. The van der Waals surface area contributed by atoms with Crippen LogP contribution in [0.15, 0.2) is 0 Å². The van der Waals surface area contributed by atoms with Gasteiger partial charge in [-0.1, -0.05) is 13.3 Å². The SMILES string of the molecule is CCCCOCCCP(N(C(C)C)C(C)C)N(C(C)C)C(C)C. The number of unbranched alkanes of at least 4 members (excludes halogenated alkanes) is 1. The van der Waals surface area contributed by atoms with E-state index in [0.29, 0.717) is 24.2 Å². The smallest absolute Gasteiger partial charge is 0.0470 e. The molecule has 23 heavy (non-hydrogen) atoms. The van der Waals surface area contributed by atoms with Crippen LogP contribution in [0, 0.1) is 0 Å². The molecule has 0 aliphatic carbocycles. The molecule has 3 nitrogen and oxygen atoms in total. The molecule has 0 amide bonds. The maximum absolute atomic E-state index is 5.80. The lowest BCUT2D eigenvalue weighted by Gasteiger charge is -2.47. The molecule has 0 aliphatic heterocycles. The Morgan fingerprint density at radius 3 is 1.43 bits per heavy atom. The number of rotatable bonds is 13. The van der Waals surface area contributed by atoms with Gasteiger partial charge in [0.1, 0.15) is 0 Å². The number of hydrogen-bond acceptors (Lipinski definition) is 3. The molecule has 0 aromatic rings. The summed E-state index contributed by atoms with van der Waals surface area (Å²) in [5.74, 6) is 0. The minimum atomic E-state index is -0.283. The third kappa shape index (κ3) is 8.82. The van der Waals surface area contributed by atoms with Gasteiger partial charge < -0.3 is 4.74 Å². The summed E-state index contributed by atoms with van der Waals surface area (Å²) < 4.78 is 11.3. The van der Waals surface area contributed by atoms with E-state index >= 15 is 0 Å². The molecule has 0 radical (unpaired) electrons. The summed E-state index contributed by atoms with van der Waals surface area (Å²) >= 11 is 0. The molecule has 0 fully saturated rings. The van der Waals surface area contributed by atoms with E-state index in [9.17, 15) is 0 Å². The zero-order valence-corrected chi connectivity index (χ0v) is 18.2. The van der Waals surface area contributed by atoms with E-state index in [1.807, 2.05) is 0 Å². The highest BCUT2D eigenvalue weighted by Crippen LogP contribution is 2.50. The van der Waals surface area contributed by atoms with Crippen LogP contribution in [0.3, 0.4) is 0 Å². The highest BCUT2D eigenvalue weighted by molar-refractivity contribution is 7.52. The maximum atomic E-state index is 5.80. The zero-order chi connectivity index (χ0) is 18.0. The molecule has 0 saturated heterocycles. The van der Waals surface area contributed by atoms with Crippen molar-refractivity contribution in [2.45, 2.75) is 106 Å². The van der Waals surface area contributed by atoms with Crippen LogP contribution in [0.4, 0.5) is 0 Å². The van der Waals surface area contributed by atoms with E-state index in [4.69, 9.17) is 4.74 Å². The molecule has 0 N–H and O–H groups in total. The molecular weight excluding hydrogens is 303 g/mol. The molecule has 0 unspecified atom stereocenters. The Balaban J connectivity index is 4.91. The molecule has 4 heteroatoms. The van der Waals surface area contributed by atoms with Gasteiger partial charge in [0.25, 0.3) is 0 Å². The van der Waals surface area contributed by atoms with Crippen molar-refractivity contribution in [2.24, 2.45) is 0 Å². The Labute approximate surface area is 148 Å². The Bertz CT molecular complexity index is 247. The van der Waals surface area contributed by atoms with Gasteiger partial charge in [0.2, 0.25) is 0 Å². The Morgan fingerprint density at radius 2 is 1.09 bits per heavy atom. The third-order valence-corrected chi connectivity index (χ3v) is 7.57. The van der Waals surface area contributed by atoms with E-state index < -0.39 is 0 Å². The molecule has 0 rings (SSSR count). The molecule has 0 aromatic heterocycles. The summed E-state index contributed by atoms with van der Waals surface area (Å²) in [6.45, 7) is 22.8. The fraction of sp³-hybridized carbons (Fsp3) is 1.00. The number of hydrogen-bond donors (Lipinski definition) is 0. The van der Waals surface area contributed by atoms with Crippen LogP contribution in [-0.2, 0) is 4.74 Å². The summed E-state index contributed by atoms with van der Waals surface area (Å²) in [5, 5.41) is 0. The Morgan fingerprint density at radius 1 is 0.696 bits per heavy atom. The van der Waals surface area contributed by atoms with Gasteiger partial charge in [-0.3, -0.25) is 9.34 Å². The van der Waals surface area contributed by atoms with Gasteiger partial charge in [-0.25, -0.2) is 0 Å². The van der Waals surface area contributed by atoms with E-state index in [0.717, 1.165) is 13.2 Å². The first-order chi connectivity index (χ1) is 10.7. The van der Waals surface area contributed by atoms with Crippen molar-refractivity contribution in [2.75, 3.05) is 19.4 Å². The van der Waals surface area contributed by atoms with Crippen molar-refractivity contribution in [1.82, 2.24) is 9.34 Å². The monoisotopic (exact) mass is 346 g/mol. The van der Waals surface area contributed by atoms with Crippen LogP contribution >= 0.6 is 8.22 Å². The second kappa shape index (κ2) is 12.6. The van der Waals surface area contributed by atoms with Crippen molar-refractivity contribution in [3.05, 3.63) is 0 Å². The first kappa shape index (κ1) is 23.3. The second-order valence-electron chi connectivity index (χ2n) is 7.55. The summed E-state index contributed by atoms with van der Waals surface area (Å²) in [6, 6.07) is 2.34. The quantitative estimate of drug-likeness (QED) is 0.312. The fourth-order valence-electron chi connectivity index (χ4n) is 3.27. The van der Waals surface area contributed by atoms with Crippen molar-refractivity contribution in [3.63, 3.8) is 0 Å². The Hall–Kier alpha value is 0.310. The standard InChI is InChI=1S/C19H43N2OP/c1-10-11-13-22-14-12-15-23(20(16(2)3)17(4)5)21(18(6)7)19(8)9/h16-19H,10-15H2,1-9H3. The summed E-state index contributed by atoms with van der Waals surface area (Å²) in [4.78, 5) is 0. The largest absolute Gasteiger partial charge is 0.381 e. The van der Waals surface area contributed by atoms with Gasteiger partial charge in [0.15, 0.2) is 0 Å². The second-order valence-corrected chi connectivity index (χ2v) is 9.67. The van der Waals surface area contributed by atoms with Crippen LogP contribution in [0.25, 0.3) is 0 Å². The highest BCUT2D eigenvalue weighted by atomic mass is 31.1. The first-order valence-corrected chi connectivity index (χ1v) is 11.1. The molecular formula is C19H43N2OP. The van der Waals surface area contributed by atoms with Gasteiger partial charge in [-0.2, -0.15) is 0 Å². The highest BCUT2D eigenvalue weighted by Gasteiger charge is 2.31. The summed E-state index contributed by atoms with van der Waals surface area (Å²) in [7, 11) is -0.283. The minimum absolute atomic E-state index is 0.283. The maximum Gasteiger partial charge on any atom is 0.0470 e. The van der Waals surface area contributed by atoms with Gasteiger partial charge >= 0.3 is 0 Å². The van der Waals surface area contributed by atoms with Crippen LogP contribution < -0.4 is 0 Å². The molecule has 0 atom stereocenters. The molecule has 0 spiro atoms. The van der Waals surface area contributed by atoms with Crippen molar-refractivity contribution >= 4 is 8.22 Å². The molecule has 0 heterocycles. The fourth-order valence-corrected chi connectivity index (χ4v) is 6.51. The van der Waals surface area contributed by atoms with Crippen LogP contribution in [-0.4, -0.2) is 52.9 Å². The van der Waals surface area contributed by atoms with Crippen LogP contribution in [0.5, 0.6) is 0 Å². The topological polar surface area (TPSA) is 15.7 Å². The van der Waals surface area contributed by atoms with Crippen LogP contribution in [0.2, 0.25) is 0 Å². The third-order valence-electron chi connectivity index (χ3n) is 3.94. The predicted molar refractivity (Wildman–Crippen MR) is 106 cm³/mol. The normalized spacial score (nSPS) is 13.0. The molecule has 0 saturated carbocycles. The van der Waals surface area contributed by atoms with E-state index in [2.05, 4.69) is 71.7 Å². The lowest BCUT2D eigenvalue weighted by Crippen LogP contribution is -2.43. The predicted octanol–water partition coefficient (Wildman–Crippen LogP) is 5.74. The lowest BCUT2D eigenvalue weighted by atomic mass is 10.3. The van der Waals surface area contributed by atoms with Gasteiger partial charge in [-0.15, -0.1) is 0 Å². The van der Waals surface area contributed by atoms with E-state index in [1.54, 1.807) is 0 Å². The summed E-state index contributed by atoms with van der Waals surface area (Å²) in [6.07, 6.45) is 4.81. The minimum Gasteiger partial charge on any atom is -0.381 e. The first-order valence-electron chi connectivity index (χ1n) is 9.65. The average molecular weight is 347 g/mol. The van der Waals surface area contributed by atoms with E-state index in [1.165, 1.54) is 25.4 Å². The molecule has 140 valence electrons. The number of ether oxygens (including phenoxy) is 1. The molecule has 0 bridgehead atoms.